The molecule has 4 aromatic rings. The maximum atomic E-state index is 4.77. The highest BCUT2D eigenvalue weighted by atomic mass is 15.1. The first-order valence-corrected chi connectivity index (χ1v) is 10.4. The number of nitrogens with one attached hydrogen (secondary N) is 3. The second-order valence-electron chi connectivity index (χ2n) is 7.87. The molecule has 0 aliphatic heterocycles. The quantitative estimate of drug-likeness (QED) is 0.389. The predicted octanol–water partition coefficient (Wildman–Crippen LogP) is 4.34. The predicted molar refractivity (Wildman–Crippen MR) is 121 cm³/mol. The van der Waals surface area contributed by atoms with E-state index in [2.05, 4.69) is 88.0 Å². The topological polar surface area (TPSA) is 78.5 Å². The molecule has 2 heterocycles. The summed E-state index contributed by atoms with van der Waals surface area (Å²) in [4.78, 5) is 16.9. The van der Waals surface area contributed by atoms with Crippen molar-refractivity contribution >= 4 is 17.0 Å². The van der Waals surface area contributed by atoms with Crippen LogP contribution >= 0.6 is 0 Å². The van der Waals surface area contributed by atoms with E-state index in [4.69, 9.17) is 4.98 Å². The minimum absolute atomic E-state index is 0.211. The monoisotopic (exact) mass is 400 g/mol. The number of benzene rings is 2. The van der Waals surface area contributed by atoms with Crippen LogP contribution < -0.4 is 10.6 Å². The highest BCUT2D eigenvalue weighted by Crippen LogP contribution is 2.26. The number of H-pyrrole nitrogens is 1. The lowest BCUT2D eigenvalue weighted by molar-refractivity contribution is 0.543. The average Bonchev–Trinajstić information content (AvgIpc) is 3.24. The molecule has 6 heteroatoms. The number of nitrogens with zero attached hydrogens (tertiary/aromatic N) is 3. The van der Waals surface area contributed by atoms with Crippen molar-refractivity contribution in [3.63, 3.8) is 0 Å². The fourth-order valence-corrected chi connectivity index (χ4v) is 3.56. The summed E-state index contributed by atoms with van der Waals surface area (Å²) >= 11 is 0. The van der Waals surface area contributed by atoms with Crippen molar-refractivity contribution in [3.05, 3.63) is 83.9 Å². The number of aromatic amines is 1. The van der Waals surface area contributed by atoms with Gasteiger partial charge in [-0.15, -0.1) is 0 Å². The normalized spacial score (nSPS) is 11.5. The maximum absolute atomic E-state index is 4.77. The van der Waals surface area contributed by atoms with Gasteiger partial charge in [0.05, 0.1) is 12.9 Å². The summed E-state index contributed by atoms with van der Waals surface area (Å²) < 4.78 is 0. The van der Waals surface area contributed by atoms with E-state index in [0.29, 0.717) is 18.1 Å². The van der Waals surface area contributed by atoms with Gasteiger partial charge in [-0.05, 0) is 23.6 Å². The molecule has 3 N–H and O–H groups in total. The zero-order valence-corrected chi connectivity index (χ0v) is 17.5. The van der Waals surface area contributed by atoms with Gasteiger partial charge in [-0.1, -0.05) is 74.5 Å². The van der Waals surface area contributed by atoms with Gasteiger partial charge < -0.3 is 15.6 Å². The molecule has 2 aromatic heterocycles. The molecule has 0 unspecified atom stereocenters. The molecule has 0 fully saturated rings. The Kier molecular flexibility index (Phi) is 6.35. The number of aromatic nitrogens is 4. The van der Waals surface area contributed by atoms with Crippen LogP contribution in [-0.2, 0) is 6.54 Å². The first-order chi connectivity index (χ1) is 14.7. The van der Waals surface area contributed by atoms with Crippen molar-refractivity contribution in [3.8, 4) is 0 Å². The molecule has 2 aromatic carbocycles. The fourth-order valence-electron chi connectivity index (χ4n) is 3.56. The van der Waals surface area contributed by atoms with Crippen LogP contribution in [-0.4, -0.2) is 33.0 Å². The molecule has 0 radical (unpaired) electrons. The van der Waals surface area contributed by atoms with Crippen molar-refractivity contribution in [1.29, 1.82) is 0 Å². The van der Waals surface area contributed by atoms with Crippen molar-refractivity contribution < 1.29 is 0 Å². The minimum atomic E-state index is 0.211. The SMILES string of the molecule is CC(C)CNCc1nc(NCC(c2ccccc2)c2ccccc2)c2[nH]cnc2n1. The molecule has 0 amide bonds. The van der Waals surface area contributed by atoms with Gasteiger partial charge in [0.1, 0.15) is 11.3 Å². The Labute approximate surface area is 177 Å². The van der Waals surface area contributed by atoms with Crippen molar-refractivity contribution in [1.82, 2.24) is 25.3 Å². The Hall–Kier alpha value is -3.25. The minimum Gasteiger partial charge on any atom is -0.367 e. The van der Waals surface area contributed by atoms with Crippen molar-refractivity contribution in [2.45, 2.75) is 26.3 Å². The lowest BCUT2D eigenvalue weighted by Gasteiger charge is -2.19. The first-order valence-electron chi connectivity index (χ1n) is 10.4. The Morgan fingerprint density at radius 2 is 1.53 bits per heavy atom. The van der Waals surface area contributed by atoms with Gasteiger partial charge in [0.15, 0.2) is 11.5 Å². The van der Waals surface area contributed by atoms with E-state index in [-0.39, 0.29) is 5.92 Å². The van der Waals surface area contributed by atoms with Crippen LogP contribution in [0.1, 0.15) is 36.7 Å². The molecule has 0 atom stereocenters. The van der Waals surface area contributed by atoms with Gasteiger partial charge in [0, 0.05) is 12.5 Å². The van der Waals surface area contributed by atoms with Crippen LogP contribution in [0.3, 0.4) is 0 Å². The maximum Gasteiger partial charge on any atom is 0.183 e. The molecule has 0 aliphatic carbocycles. The molecule has 0 spiro atoms. The largest absolute Gasteiger partial charge is 0.367 e. The van der Waals surface area contributed by atoms with E-state index in [9.17, 15) is 0 Å². The average molecular weight is 401 g/mol. The summed E-state index contributed by atoms with van der Waals surface area (Å²) in [5.74, 6) is 2.32. The van der Waals surface area contributed by atoms with Crippen LogP contribution in [0.2, 0.25) is 0 Å². The molecule has 6 nitrogen and oxygen atoms in total. The van der Waals surface area contributed by atoms with Crippen molar-refractivity contribution in [2.24, 2.45) is 5.92 Å². The molecule has 0 saturated carbocycles. The lowest BCUT2D eigenvalue weighted by Crippen LogP contribution is -2.21. The summed E-state index contributed by atoms with van der Waals surface area (Å²) in [6, 6.07) is 21.1. The summed E-state index contributed by atoms with van der Waals surface area (Å²) in [6.45, 7) is 6.64. The number of hydrogen-bond donors (Lipinski definition) is 3. The lowest BCUT2D eigenvalue weighted by atomic mass is 9.91. The Balaban J connectivity index is 1.58. The van der Waals surface area contributed by atoms with Gasteiger partial charge in [-0.3, -0.25) is 0 Å². The van der Waals surface area contributed by atoms with Crippen LogP contribution in [0.25, 0.3) is 11.2 Å². The van der Waals surface area contributed by atoms with Gasteiger partial charge in [0.25, 0.3) is 0 Å². The second kappa shape index (κ2) is 9.50. The summed E-state index contributed by atoms with van der Waals surface area (Å²) in [5.41, 5.74) is 4.06. The van der Waals surface area contributed by atoms with Crippen LogP contribution in [0, 0.1) is 5.92 Å². The van der Waals surface area contributed by atoms with Gasteiger partial charge in [-0.25, -0.2) is 15.0 Å². The van der Waals surface area contributed by atoms with E-state index >= 15 is 0 Å². The van der Waals surface area contributed by atoms with Gasteiger partial charge >= 0.3 is 0 Å². The third kappa shape index (κ3) is 4.83. The fraction of sp³-hybridized carbons (Fsp3) is 0.292. The van der Waals surface area contributed by atoms with E-state index in [1.807, 2.05) is 12.1 Å². The first kappa shape index (κ1) is 20.0. The summed E-state index contributed by atoms with van der Waals surface area (Å²) in [7, 11) is 0. The van der Waals surface area contributed by atoms with Crippen LogP contribution in [0.4, 0.5) is 5.82 Å². The van der Waals surface area contributed by atoms with E-state index < -0.39 is 0 Å². The molecule has 4 rings (SSSR count). The van der Waals surface area contributed by atoms with E-state index in [1.54, 1.807) is 6.33 Å². The van der Waals surface area contributed by atoms with Gasteiger partial charge in [-0.2, -0.15) is 0 Å². The third-order valence-electron chi connectivity index (χ3n) is 5.05. The molecule has 30 heavy (non-hydrogen) atoms. The van der Waals surface area contributed by atoms with Crippen LogP contribution in [0.15, 0.2) is 67.0 Å². The molecule has 0 saturated heterocycles. The second-order valence-corrected chi connectivity index (χ2v) is 7.87. The molecule has 0 bridgehead atoms. The Morgan fingerprint density at radius 1 is 0.867 bits per heavy atom. The number of anilines is 1. The molecule has 154 valence electrons. The number of rotatable bonds is 9. The Morgan fingerprint density at radius 3 is 2.17 bits per heavy atom. The number of hydrogen-bond acceptors (Lipinski definition) is 5. The van der Waals surface area contributed by atoms with Gasteiger partial charge in [0.2, 0.25) is 0 Å². The molecule has 0 aliphatic rings. The number of fused-ring (bicyclic) bond motifs is 1. The van der Waals surface area contributed by atoms with E-state index in [0.717, 1.165) is 30.2 Å². The Bertz CT molecular complexity index is 1020. The molecular formula is C24H28N6. The highest BCUT2D eigenvalue weighted by Gasteiger charge is 2.16. The molecular weight excluding hydrogens is 372 g/mol. The standard InChI is InChI=1S/C24H28N6/c1-17(2)13-25-15-21-29-23(22-24(30-21)28-16-27-22)26-14-20(18-9-5-3-6-10-18)19-11-7-4-8-12-19/h3-12,16-17,20,25H,13-15H2,1-2H3,(H2,26,27,28,29,30). The summed E-state index contributed by atoms with van der Waals surface area (Å²) in [6.07, 6.45) is 1.67. The highest BCUT2D eigenvalue weighted by molar-refractivity contribution is 5.82. The van der Waals surface area contributed by atoms with Crippen LogP contribution in [0.5, 0.6) is 0 Å². The zero-order chi connectivity index (χ0) is 20.8. The van der Waals surface area contributed by atoms with E-state index in [1.165, 1.54) is 11.1 Å². The van der Waals surface area contributed by atoms with Crippen molar-refractivity contribution in [2.75, 3.05) is 18.4 Å². The number of imidazole rings is 1. The zero-order valence-electron chi connectivity index (χ0n) is 17.5. The summed E-state index contributed by atoms with van der Waals surface area (Å²) in [5, 5.41) is 6.97. The third-order valence-corrected chi connectivity index (χ3v) is 5.05. The smallest absolute Gasteiger partial charge is 0.183 e.